The summed E-state index contributed by atoms with van der Waals surface area (Å²) in [5.41, 5.74) is 0.781. The first-order chi connectivity index (χ1) is 10.1. The molecule has 1 aliphatic rings. The van der Waals surface area contributed by atoms with Crippen LogP contribution in [0, 0.1) is 21.4 Å². The summed E-state index contributed by atoms with van der Waals surface area (Å²) in [5.74, 6) is 0. The Morgan fingerprint density at radius 3 is 3.00 bits per heavy atom. The predicted octanol–water partition coefficient (Wildman–Crippen LogP) is 2.64. The minimum Gasteiger partial charge on any atom is -0.445 e. The molecule has 0 N–H and O–H groups in total. The molecule has 1 amide bonds. The fourth-order valence-electron chi connectivity index (χ4n) is 1.95. The van der Waals surface area contributed by atoms with E-state index in [-0.39, 0.29) is 12.3 Å². The molecule has 2 rings (SSSR count). The molecule has 1 aliphatic heterocycles. The van der Waals surface area contributed by atoms with Gasteiger partial charge < -0.3 is 4.74 Å². The smallest absolute Gasteiger partial charge is 0.416 e. The van der Waals surface area contributed by atoms with Crippen LogP contribution in [0.3, 0.4) is 0 Å². The van der Waals surface area contributed by atoms with Crippen molar-refractivity contribution in [3.63, 3.8) is 0 Å². The van der Waals surface area contributed by atoms with Gasteiger partial charge >= 0.3 is 6.09 Å². The van der Waals surface area contributed by atoms with Crippen LogP contribution in [-0.4, -0.2) is 23.7 Å². The summed E-state index contributed by atoms with van der Waals surface area (Å²) in [6, 6.07) is 5.19. The van der Waals surface area contributed by atoms with Gasteiger partial charge in [0.05, 0.1) is 16.7 Å². The van der Waals surface area contributed by atoms with Crippen LogP contribution in [0.5, 0.6) is 0 Å². The molecule has 0 saturated carbocycles. The maximum Gasteiger partial charge on any atom is 0.416 e. The van der Waals surface area contributed by atoms with Crippen molar-refractivity contribution in [3.05, 3.63) is 52.6 Å². The Morgan fingerprint density at radius 1 is 1.62 bits per heavy atom. The number of ether oxygens (including phenoxy) is 1. The number of carbonyl (C=O) groups excluding carboxylic acids is 1. The summed E-state index contributed by atoms with van der Waals surface area (Å²) >= 11 is 0. The summed E-state index contributed by atoms with van der Waals surface area (Å²) in [5, 5.41) is 19.9. The molecule has 1 atom stereocenters. The van der Waals surface area contributed by atoms with Gasteiger partial charge in [-0.3, -0.25) is 15.0 Å². The first kappa shape index (κ1) is 14.3. The van der Waals surface area contributed by atoms with Crippen LogP contribution in [0.15, 0.2) is 36.9 Å². The number of nitrogens with zero attached hydrogens (tertiary/aromatic N) is 3. The van der Waals surface area contributed by atoms with E-state index in [1.807, 2.05) is 6.07 Å². The normalized spacial score (nSPS) is 15.8. The summed E-state index contributed by atoms with van der Waals surface area (Å²) in [4.78, 5) is 23.5. The van der Waals surface area contributed by atoms with Crippen LogP contribution < -0.4 is 4.90 Å². The second-order valence-electron chi connectivity index (χ2n) is 4.17. The average Bonchev–Trinajstić information content (AvgIpc) is 2.50. The molecule has 0 aliphatic carbocycles. The van der Waals surface area contributed by atoms with E-state index < -0.39 is 17.1 Å². The number of hydrogen-bond donors (Lipinski definition) is 0. The third-order valence-electron chi connectivity index (χ3n) is 2.87. The van der Waals surface area contributed by atoms with Gasteiger partial charge in [0.25, 0.3) is 5.69 Å². The quantitative estimate of drug-likeness (QED) is 0.483. The van der Waals surface area contributed by atoms with Gasteiger partial charge in [-0.2, -0.15) is 5.26 Å². The Morgan fingerprint density at radius 2 is 2.38 bits per heavy atom. The predicted molar refractivity (Wildman–Crippen MR) is 75.6 cm³/mol. The van der Waals surface area contributed by atoms with Gasteiger partial charge in [-0.05, 0) is 12.1 Å². The van der Waals surface area contributed by atoms with Crippen molar-refractivity contribution in [2.75, 3.05) is 11.5 Å². The Bertz CT molecular complexity index is 675. The number of nitriles is 1. The van der Waals surface area contributed by atoms with Gasteiger partial charge in [0.2, 0.25) is 0 Å². The summed E-state index contributed by atoms with van der Waals surface area (Å²) in [6.45, 7) is 3.46. The molecule has 1 heterocycles. The number of hydrogen-bond acceptors (Lipinski definition) is 5. The standard InChI is InChI=1S/C14H11N3O4/c1-2-7-21-14(18)16-12(9-15)4-3-10-8-11(17(19)20)5-6-13(10)16/h2-6,8,12H,1,7H2. The van der Waals surface area contributed by atoms with E-state index in [2.05, 4.69) is 6.58 Å². The Balaban J connectivity index is 2.43. The minimum absolute atomic E-state index is 0.0134. The van der Waals surface area contributed by atoms with Crippen molar-refractivity contribution in [2.24, 2.45) is 0 Å². The molecule has 21 heavy (non-hydrogen) atoms. The molecular formula is C14H11N3O4. The number of fused-ring (bicyclic) bond motifs is 1. The maximum absolute atomic E-state index is 12.0. The third kappa shape index (κ3) is 2.74. The van der Waals surface area contributed by atoms with Gasteiger partial charge in [0.15, 0.2) is 0 Å². The van der Waals surface area contributed by atoms with Gasteiger partial charge in [0, 0.05) is 17.7 Å². The second-order valence-corrected chi connectivity index (χ2v) is 4.17. The molecule has 0 fully saturated rings. The fraction of sp³-hybridized carbons (Fsp3) is 0.143. The summed E-state index contributed by atoms with van der Waals surface area (Å²) < 4.78 is 4.95. The Hall–Kier alpha value is -3.14. The zero-order valence-corrected chi connectivity index (χ0v) is 10.9. The largest absolute Gasteiger partial charge is 0.445 e. The van der Waals surface area contributed by atoms with Crippen molar-refractivity contribution in [1.82, 2.24) is 0 Å². The van der Waals surface area contributed by atoms with E-state index in [4.69, 9.17) is 10.00 Å². The molecule has 1 aromatic carbocycles. The first-order valence-corrected chi connectivity index (χ1v) is 6.01. The SMILES string of the molecule is C=CCOC(=O)N1c2ccc([N+](=O)[O-])cc2C=CC1C#N. The van der Waals surface area contributed by atoms with E-state index in [0.717, 1.165) is 4.90 Å². The molecule has 106 valence electrons. The number of nitro benzene ring substituents is 1. The van der Waals surface area contributed by atoms with Crippen molar-refractivity contribution >= 4 is 23.5 Å². The van der Waals surface area contributed by atoms with Gasteiger partial charge in [-0.1, -0.05) is 18.7 Å². The number of carbonyl (C=O) groups is 1. The van der Waals surface area contributed by atoms with Gasteiger partial charge in [-0.25, -0.2) is 4.79 Å². The molecule has 0 radical (unpaired) electrons. The lowest BCUT2D eigenvalue weighted by Crippen LogP contribution is -2.40. The van der Waals surface area contributed by atoms with E-state index in [9.17, 15) is 14.9 Å². The van der Waals surface area contributed by atoms with Crippen LogP contribution in [0.4, 0.5) is 16.2 Å². The highest BCUT2D eigenvalue weighted by atomic mass is 16.6. The van der Waals surface area contributed by atoms with Crippen molar-refractivity contribution in [3.8, 4) is 6.07 Å². The molecule has 1 unspecified atom stereocenters. The topological polar surface area (TPSA) is 96.5 Å². The van der Waals surface area contributed by atoms with Crippen LogP contribution in [0.1, 0.15) is 5.56 Å². The number of rotatable bonds is 3. The van der Waals surface area contributed by atoms with Gasteiger partial charge in [0.1, 0.15) is 12.6 Å². The highest BCUT2D eigenvalue weighted by Gasteiger charge is 2.30. The molecule has 0 bridgehead atoms. The van der Waals surface area contributed by atoms with E-state index >= 15 is 0 Å². The molecule has 0 aromatic heterocycles. The van der Waals surface area contributed by atoms with Crippen LogP contribution >= 0.6 is 0 Å². The zero-order valence-electron chi connectivity index (χ0n) is 10.9. The number of nitro groups is 1. The maximum atomic E-state index is 12.0. The van der Waals surface area contributed by atoms with E-state index in [1.165, 1.54) is 30.4 Å². The van der Waals surface area contributed by atoms with Gasteiger partial charge in [-0.15, -0.1) is 0 Å². The average molecular weight is 285 g/mol. The lowest BCUT2D eigenvalue weighted by molar-refractivity contribution is -0.384. The number of benzene rings is 1. The zero-order chi connectivity index (χ0) is 15.4. The third-order valence-corrected chi connectivity index (χ3v) is 2.87. The van der Waals surface area contributed by atoms with E-state index in [1.54, 1.807) is 6.08 Å². The fourth-order valence-corrected chi connectivity index (χ4v) is 1.95. The van der Waals surface area contributed by atoms with Crippen molar-refractivity contribution < 1.29 is 14.5 Å². The lowest BCUT2D eigenvalue weighted by Gasteiger charge is -2.28. The highest BCUT2D eigenvalue weighted by Crippen LogP contribution is 2.32. The van der Waals surface area contributed by atoms with E-state index in [0.29, 0.717) is 11.3 Å². The molecule has 0 saturated heterocycles. The lowest BCUT2D eigenvalue weighted by atomic mass is 10.0. The molecule has 7 heteroatoms. The minimum atomic E-state index is -0.823. The summed E-state index contributed by atoms with van der Waals surface area (Å²) in [7, 11) is 0. The van der Waals surface area contributed by atoms with Crippen LogP contribution in [0.25, 0.3) is 6.08 Å². The first-order valence-electron chi connectivity index (χ1n) is 6.01. The summed E-state index contributed by atoms with van der Waals surface area (Å²) in [6.07, 6.45) is 3.77. The molecule has 0 spiro atoms. The number of anilines is 1. The molecule has 7 nitrogen and oxygen atoms in total. The van der Waals surface area contributed by atoms with Crippen molar-refractivity contribution in [1.29, 1.82) is 5.26 Å². The number of non-ortho nitro benzene ring substituents is 1. The molecular weight excluding hydrogens is 274 g/mol. The monoisotopic (exact) mass is 285 g/mol. The highest BCUT2D eigenvalue weighted by molar-refractivity contribution is 5.94. The Kier molecular flexibility index (Phi) is 4.00. The second kappa shape index (κ2) is 5.88. The molecule has 1 aromatic rings. The van der Waals surface area contributed by atoms with Crippen LogP contribution in [-0.2, 0) is 4.74 Å². The number of amides is 1. The van der Waals surface area contributed by atoms with Crippen molar-refractivity contribution in [2.45, 2.75) is 6.04 Å². The van der Waals surface area contributed by atoms with Crippen LogP contribution in [0.2, 0.25) is 0 Å². The Labute approximate surface area is 120 Å².